The highest BCUT2D eigenvalue weighted by molar-refractivity contribution is 5.97. The van der Waals surface area contributed by atoms with Gasteiger partial charge in [0.15, 0.2) is 12.4 Å². The molecule has 0 N–H and O–H groups in total. The molecule has 0 saturated carbocycles. The van der Waals surface area contributed by atoms with E-state index in [1.165, 1.54) is 24.3 Å². The van der Waals surface area contributed by atoms with Gasteiger partial charge in [-0.3, -0.25) is 4.79 Å². The van der Waals surface area contributed by atoms with Gasteiger partial charge in [-0.15, -0.1) is 0 Å². The van der Waals surface area contributed by atoms with E-state index in [9.17, 15) is 9.18 Å². The van der Waals surface area contributed by atoms with Crippen LogP contribution in [0, 0.1) is 12.7 Å². The fraction of sp³-hybridized carbons (Fsp3) is 0.111. The lowest BCUT2D eigenvalue weighted by Gasteiger charge is -2.08. The Morgan fingerprint density at radius 3 is 2.64 bits per heavy atom. The molecule has 3 aromatic rings. The maximum Gasteiger partial charge on any atom is 0.200 e. The molecule has 110 valence electrons. The molecule has 3 rings (SSSR count). The molecule has 1 aromatic heterocycles. The summed E-state index contributed by atoms with van der Waals surface area (Å²) in [6.07, 6.45) is 0. The first kappa shape index (κ1) is 14.2. The fourth-order valence-corrected chi connectivity index (χ4v) is 2.20. The van der Waals surface area contributed by atoms with Crippen LogP contribution in [0.15, 0.2) is 54.6 Å². The normalized spacial score (nSPS) is 10.6. The van der Waals surface area contributed by atoms with Crippen LogP contribution in [0.2, 0.25) is 0 Å². The van der Waals surface area contributed by atoms with Crippen molar-refractivity contribution in [2.45, 2.75) is 6.92 Å². The van der Waals surface area contributed by atoms with Crippen molar-refractivity contribution in [3.05, 3.63) is 71.7 Å². The summed E-state index contributed by atoms with van der Waals surface area (Å²) in [4.78, 5) is 16.5. The van der Waals surface area contributed by atoms with Crippen LogP contribution in [-0.4, -0.2) is 17.4 Å². The molecule has 0 aliphatic heterocycles. The third-order valence-electron chi connectivity index (χ3n) is 3.35. The van der Waals surface area contributed by atoms with Crippen molar-refractivity contribution in [1.82, 2.24) is 4.98 Å². The van der Waals surface area contributed by atoms with Crippen molar-refractivity contribution in [2.75, 3.05) is 6.61 Å². The van der Waals surface area contributed by atoms with E-state index in [0.717, 1.165) is 16.6 Å². The maximum absolute atomic E-state index is 12.9. The summed E-state index contributed by atoms with van der Waals surface area (Å²) in [6, 6.07) is 14.9. The summed E-state index contributed by atoms with van der Waals surface area (Å²) in [7, 11) is 0. The first-order valence-electron chi connectivity index (χ1n) is 6.91. The number of benzene rings is 2. The minimum Gasteiger partial charge on any atom is -0.483 e. The van der Waals surface area contributed by atoms with Gasteiger partial charge in [-0.25, -0.2) is 9.37 Å². The number of hydrogen-bond acceptors (Lipinski definition) is 3. The van der Waals surface area contributed by atoms with E-state index in [0.29, 0.717) is 11.3 Å². The summed E-state index contributed by atoms with van der Waals surface area (Å²) < 4.78 is 18.5. The first-order chi connectivity index (χ1) is 10.6. The van der Waals surface area contributed by atoms with Gasteiger partial charge in [0, 0.05) is 16.6 Å². The number of aromatic nitrogens is 1. The second kappa shape index (κ2) is 5.93. The minimum atomic E-state index is -0.369. The number of hydrogen-bond donors (Lipinski definition) is 0. The number of para-hydroxylation sites is 1. The maximum atomic E-state index is 12.9. The van der Waals surface area contributed by atoms with E-state index in [-0.39, 0.29) is 18.2 Å². The van der Waals surface area contributed by atoms with Crippen molar-refractivity contribution in [3.63, 3.8) is 0 Å². The van der Waals surface area contributed by atoms with Crippen LogP contribution in [0.4, 0.5) is 4.39 Å². The molecule has 0 aliphatic rings. The van der Waals surface area contributed by atoms with Gasteiger partial charge in [-0.2, -0.15) is 0 Å². The molecule has 0 amide bonds. The van der Waals surface area contributed by atoms with Crippen LogP contribution in [0.3, 0.4) is 0 Å². The Balaban J connectivity index is 1.80. The Labute approximate surface area is 127 Å². The van der Waals surface area contributed by atoms with Crippen LogP contribution < -0.4 is 4.74 Å². The Hall–Kier alpha value is -2.75. The first-order valence-corrected chi connectivity index (χ1v) is 6.91. The third-order valence-corrected chi connectivity index (χ3v) is 3.35. The summed E-state index contributed by atoms with van der Waals surface area (Å²) in [5, 5.41) is 0.956. The molecule has 0 atom stereocenters. The fourth-order valence-electron chi connectivity index (χ4n) is 2.20. The molecule has 0 fully saturated rings. The molecule has 0 unspecified atom stereocenters. The standard InChI is InChI=1S/C18H14FNO2/c1-12-5-6-14-3-2-4-17(18(14)20-12)22-11-16(21)13-7-9-15(19)10-8-13/h2-10H,11H2,1H3. The van der Waals surface area contributed by atoms with Gasteiger partial charge in [0.05, 0.1) is 0 Å². The molecule has 3 nitrogen and oxygen atoms in total. The van der Waals surface area contributed by atoms with E-state index < -0.39 is 0 Å². The second-order valence-electron chi connectivity index (χ2n) is 5.00. The average Bonchev–Trinajstić information content (AvgIpc) is 2.53. The number of nitrogens with zero attached hydrogens (tertiary/aromatic N) is 1. The average molecular weight is 295 g/mol. The van der Waals surface area contributed by atoms with Crippen LogP contribution in [-0.2, 0) is 0 Å². The Kier molecular flexibility index (Phi) is 3.83. The number of rotatable bonds is 4. The highest BCUT2D eigenvalue weighted by Gasteiger charge is 2.09. The highest BCUT2D eigenvalue weighted by atomic mass is 19.1. The van der Waals surface area contributed by atoms with Gasteiger partial charge in [0.2, 0.25) is 0 Å². The van der Waals surface area contributed by atoms with Crippen molar-refractivity contribution >= 4 is 16.7 Å². The molecule has 1 heterocycles. The Morgan fingerprint density at radius 1 is 1.09 bits per heavy atom. The van der Waals surface area contributed by atoms with Crippen LogP contribution in [0.5, 0.6) is 5.75 Å². The molecule has 0 aliphatic carbocycles. The molecular weight excluding hydrogens is 281 g/mol. The van der Waals surface area contributed by atoms with Gasteiger partial charge >= 0.3 is 0 Å². The minimum absolute atomic E-state index is 0.111. The van der Waals surface area contributed by atoms with E-state index in [1.807, 2.05) is 31.2 Å². The number of pyridine rings is 1. The lowest BCUT2D eigenvalue weighted by molar-refractivity contribution is 0.0922. The van der Waals surface area contributed by atoms with Crippen molar-refractivity contribution in [1.29, 1.82) is 0 Å². The van der Waals surface area contributed by atoms with Crippen LogP contribution in [0.25, 0.3) is 10.9 Å². The van der Waals surface area contributed by atoms with E-state index in [2.05, 4.69) is 4.98 Å². The Morgan fingerprint density at radius 2 is 1.86 bits per heavy atom. The third kappa shape index (κ3) is 2.96. The number of ether oxygens (including phenoxy) is 1. The zero-order valence-electron chi connectivity index (χ0n) is 12.0. The number of ketones is 1. The zero-order valence-corrected chi connectivity index (χ0v) is 12.0. The number of Topliss-reactive ketones (excluding diaryl/α,β-unsaturated/α-hetero) is 1. The lowest BCUT2D eigenvalue weighted by Crippen LogP contribution is -2.12. The molecular formula is C18H14FNO2. The quantitative estimate of drug-likeness (QED) is 0.684. The van der Waals surface area contributed by atoms with E-state index >= 15 is 0 Å². The Bertz CT molecular complexity index is 828. The van der Waals surface area contributed by atoms with Gasteiger partial charge < -0.3 is 4.74 Å². The molecule has 0 bridgehead atoms. The number of halogens is 1. The monoisotopic (exact) mass is 295 g/mol. The van der Waals surface area contributed by atoms with Crippen molar-refractivity contribution in [3.8, 4) is 5.75 Å². The second-order valence-corrected chi connectivity index (χ2v) is 5.00. The van der Waals surface area contributed by atoms with Gasteiger partial charge in [0.25, 0.3) is 0 Å². The number of fused-ring (bicyclic) bond motifs is 1. The summed E-state index contributed by atoms with van der Waals surface area (Å²) in [5.74, 6) is -0.00693. The molecule has 22 heavy (non-hydrogen) atoms. The number of aryl methyl sites for hydroxylation is 1. The predicted molar refractivity (Wildman–Crippen MR) is 82.7 cm³/mol. The largest absolute Gasteiger partial charge is 0.483 e. The van der Waals surface area contributed by atoms with Crippen molar-refractivity contribution in [2.24, 2.45) is 0 Å². The highest BCUT2D eigenvalue weighted by Crippen LogP contribution is 2.24. The number of carbonyl (C=O) groups excluding carboxylic acids is 1. The SMILES string of the molecule is Cc1ccc2cccc(OCC(=O)c3ccc(F)cc3)c2n1. The smallest absolute Gasteiger partial charge is 0.200 e. The van der Waals surface area contributed by atoms with Crippen molar-refractivity contribution < 1.29 is 13.9 Å². The van der Waals surface area contributed by atoms with Crippen LogP contribution >= 0.6 is 0 Å². The lowest BCUT2D eigenvalue weighted by atomic mass is 10.1. The predicted octanol–water partition coefficient (Wildman–Crippen LogP) is 3.94. The van der Waals surface area contributed by atoms with E-state index in [1.54, 1.807) is 6.07 Å². The topological polar surface area (TPSA) is 39.2 Å². The molecule has 4 heteroatoms. The number of carbonyl (C=O) groups is 1. The van der Waals surface area contributed by atoms with Gasteiger partial charge in [0.1, 0.15) is 17.1 Å². The van der Waals surface area contributed by atoms with Crippen LogP contribution in [0.1, 0.15) is 16.1 Å². The van der Waals surface area contributed by atoms with Gasteiger partial charge in [-0.1, -0.05) is 18.2 Å². The molecule has 2 aromatic carbocycles. The van der Waals surface area contributed by atoms with E-state index in [4.69, 9.17) is 4.74 Å². The molecule has 0 spiro atoms. The zero-order chi connectivity index (χ0) is 15.5. The molecule has 0 radical (unpaired) electrons. The summed E-state index contributed by atoms with van der Waals surface area (Å²) >= 11 is 0. The molecule has 0 saturated heterocycles. The summed E-state index contributed by atoms with van der Waals surface area (Å²) in [6.45, 7) is 1.79. The van der Waals surface area contributed by atoms with Gasteiger partial charge in [-0.05, 0) is 43.3 Å². The summed E-state index contributed by atoms with van der Waals surface area (Å²) in [5.41, 5.74) is 2.04.